The van der Waals surface area contributed by atoms with E-state index < -0.39 is 15.6 Å². The first kappa shape index (κ1) is 24.3. The van der Waals surface area contributed by atoms with Crippen LogP contribution >= 0.6 is 0 Å². The Morgan fingerprint density at radius 3 is 2.39 bits per heavy atom. The fourth-order valence-corrected chi connectivity index (χ4v) is 4.40. The zero-order chi connectivity index (χ0) is 23.1. The number of ether oxygens (including phenoxy) is 2. The normalized spacial score (nSPS) is 11.5. The highest BCUT2D eigenvalue weighted by Gasteiger charge is 2.26. The third kappa shape index (κ3) is 7.31. The zero-order valence-corrected chi connectivity index (χ0v) is 19.0. The number of carbonyl (C=O) groups excluding carboxylic acids is 1. The number of terminal acetylenes is 1. The molecule has 0 aromatic heterocycles. The van der Waals surface area contributed by atoms with E-state index in [1.807, 2.05) is 24.3 Å². The van der Waals surface area contributed by atoms with Crippen molar-refractivity contribution in [3.63, 3.8) is 0 Å². The molecule has 7 nitrogen and oxygen atoms in total. The van der Waals surface area contributed by atoms with Crippen LogP contribution in [-0.2, 0) is 16.4 Å². The Hall–Kier alpha value is -3.02. The van der Waals surface area contributed by atoms with E-state index in [0.29, 0.717) is 18.7 Å². The summed E-state index contributed by atoms with van der Waals surface area (Å²) in [5.41, 5.74) is 0.567. The van der Waals surface area contributed by atoms with Gasteiger partial charge in [-0.05, 0) is 63.1 Å². The van der Waals surface area contributed by atoms with Crippen molar-refractivity contribution in [1.29, 1.82) is 0 Å². The average Bonchev–Trinajstić information content (AvgIpc) is 2.71. The van der Waals surface area contributed by atoms with Gasteiger partial charge < -0.3 is 14.8 Å². The molecule has 2 aromatic carbocycles. The number of rotatable bonds is 9. The standard InChI is InChI=1S/C23H28N2O5S/c1-6-15-30-19-10-7-17(8-11-19)13-14-24-22(26)18-9-12-20(29-5)21(16-18)31(27,28)25-23(2,3)4/h1,7-12,16,25H,13-15H2,2-5H3,(H,24,26). The van der Waals surface area contributed by atoms with Gasteiger partial charge >= 0.3 is 0 Å². The van der Waals surface area contributed by atoms with Crippen molar-refractivity contribution in [1.82, 2.24) is 10.0 Å². The minimum absolute atomic E-state index is 0.0832. The number of carbonyl (C=O) groups is 1. The summed E-state index contributed by atoms with van der Waals surface area (Å²) >= 11 is 0. The van der Waals surface area contributed by atoms with Crippen molar-refractivity contribution in [3.05, 3.63) is 53.6 Å². The lowest BCUT2D eigenvalue weighted by molar-refractivity contribution is 0.0954. The van der Waals surface area contributed by atoms with E-state index in [0.717, 1.165) is 5.56 Å². The average molecular weight is 445 g/mol. The van der Waals surface area contributed by atoms with Crippen LogP contribution in [0.5, 0.6) is 11.5 Å². The molecule has 0 atom stereocenters. The number of methoxy groups -OCH3 is 1. The van der Waals surface area contributed by atoms with Gasteiger partial charge in [0.2, 0.25) is 10.0 Å². The van der Waals surface area contributed by atoms with Crippen molar-refractivity contribution in [2.24, 2.45) is 0 Å². The van der Waals surface area contributed by atoms with Gasteiger partial charge in [0.15, 0.2) is 0 Å². The van der Waals surface area contributed by atoms with Gasteiger partial charge in [-0.3, -0.25) is 4.79 Å². The van der Waals surface area contributed by atoms with E-state index in [1.165, 1.54) is 25.3 Å². The number of hydrogen-bond donors (Lipinski definition) is 2. The molecular weight excluding hydrogens is 416 g/mol. The number of benzene rings is 2. The molecular formula is C23H28N2O5S. The molecule has 31 heavy (non-hydrogen) atoms. The maximum atomic E-state index is 12.8. The second-order valence-electron chi connectivity index (χ2n) is 7.86. The van der Waals surface area contributed by atoms with E-state index in [9.17, 15) is 13.2 Å². The fourth-order valence-electron chi connectivity index (χ4n) is 2.79. The van der Waals surface area contributed by atoms with Crippen molar-refractivity contribution in [2.75, 3.05) is 20.3 Å². The van der Waals surface area contributed by atoms with Crippen LogP contribution in [0.4, 0.5) is 0 Å². The number of sulfonamides is 1. The molecule has 0 saturated carbocycles. The van der Waals surface area contributed by atoms with Gasteiger partial charge in [0, 0.05) is 17.6 Å². The molecule has 0 aliphatic carbocycles. The molecule has 0 spiro atoms. The predicted molar refractivity (Wildman–Crippen MR) is 120 cm³/mol. The van der Waals surface area contributed by atoms with Crippen molar-refractivity contribution in [3.8, 4) is 23.8 Å². The van der Waals surface area contributed by atoms with Gasteiger partial charge in [-0.25, -0.2) is 13.1 Å². The quantitative estimate of drug-likeness (QED) is 0.580. The highest BCUT2D eigenvalue weighted by molar-refractivity contribution is 7.89. The zero-order valence-electron chi connectivity index (χ0n) is 18.2. The monoisotopic (exact) mass is 444 g/mol. The number of nitrogens with one attached hydrogen (secondary N) is 2. The van der Waals surface area contributed by atoms with Crippen LogP contribution in [0.2, 0.25) is 0 Å². The van der Waals surface area contributed by atoms with Crippen LogP contribution in [0.3, 0.4) is 0 Å². The number of amides is 1. The third-order valence-corrected chi connectivity index (χ3v) is 5.88. The van der Waals surface area contributed by atoms with Crippen LogP contribution in [0.25, 0.3) is 0 Å². The summed E-state index contributed by atoms with van der Waals surface area (Å²) in [7, 11) is -2.49. The molecule has 8 heteroatoms. The van der Waals surface area contributed by atoms with E-state index in [1.54, 1.807) is 20.8 Å². The summed E-state index contributed by atoms with van der Waals surface area (Å²) in [5.74, 6) is 2.88. The molecule has 0 unspecified atom stereocenters. The molecule has 2 rings (SSSR count). The molecule has 1 amide bonds. The molecule has 0 fully saturated rings. The van der Waals surface area contributed by atoms with Crippen LogP contribution in [0, 0.1) is 12.3 Å². The van der Waals surface area contributed by atoms with Gasteiger partial charge in [-0.2, -0.15) is 0 Å². The maximum Gasteiger partial charge on any atom is 0.251 e. The van der Waals surface area contributed by atoms with Crippen LogP contribution in [0.1, 0.15) is 36.7 Å². The lowest BCUT2D eigenvalue weighted by Gasteiger charge is -2.21. The van der Waals surface area contributed by atoms with Crippen molar-refractivity contribution in [2.45, 2.75) is 37.6 Å². The molecule has 166 valence electrons. The van der Waals surface area contributed by atoms with Crippen LogP contribution < -0.4 is 19.5 Å². The van der Waals surface area contributed by atoms with Gasteiger partial charge in [0.05, 0.1) is 7.11 Å². The first-order valence-corrected chi connectivity index (χ1v) is 11.2. The second kappa shape index (κ2) is 10.3. The summed E-state index contributed by atoms with van der Waals surface area (Å²) in [4.78, 5) is 12.5. The second-order valence-corrected chi connectivity index (χ2v) is 9.51. The first-order valence-electron chi connectivity index (χ1n) is 9.71. The molecule has 0 radical (unpaired) electrons. The minimum Gasteiger partial charge on any atom is -0.495 e. The largest absolute Gasteiger partial charge is 0.495 e. The summed E-state index contributed by atoms with van der Waals surface area (Å²) in [6, 6.07) is 11.7. The highest BCUT2D eigenvalue weighted by atomic mass is 32.2. The van der Waals surface area contributed by atoms with Gasteiger partial charge in [-0.15, -0.1) is 6.42 Å². The molecule has 0 heterocycles. The summed E-state index contributed by atoms with van der Waals surface area (Å²) in [6.07, 6.45) is 5.77. The Labute approximate surface area is 184 Å². The van der Waals surface area contributed by atoms with Gasteiger partial charge in [0.1, 0.15) is 23.0 Å². The summed E-state index contributed by atoms with van der Waals surface area (Å²) < 4.78 is 38.6. The molecule has 2 N–H and O–H groups in total. The Balaban J connectivity index is 2.06. The Kier molecular flexibility index (Phi) is 8.08. The fraction of sp³-hybridized carbons (Fsp3) is 0.348. The lowest BCUT2D eigenvalue weighted by atomic mass is 10.1. The van der Waals surface area contributed by atoms with Gasteiger partial charge in [-0.1, -0.05) is 18.1 Å². The smallest absolute Gasteiger partial charge is 0.251 e. The van der Waals surface area contributed by atoms with E-state index in [-0.39, 0.29) is 28.7 Å². The topological polar surface area (TPSA) is 93.7 Å². The lowest BCUT2D eigenvalue weighted by Crippen LogP contribution is -2.40. The molecule has 0 aliphatic heterocycles. The van der Waals surface area contributed by atoms with Crippen LogP contribution in [-0.4, -0.2) is 40.1 Å². The van der Waals surface area contributed by atoms with Crippen molar-refractivity contribution >= 4 is 15.9 Å². The summed E-state index contributed by atoms with van der Waals surface area (Å²) in [5, 5.41) is 2.81. The third-order valence-electron chi connectivity index (χ3n) is 4.10. The van der Waals surface area contributed by atoms with E-state index in [2.05, 4.69) is 16.0 Å². The first-order chi connectivity index (χ1) is 14.6. The Bertz CT molecular complexity index is 1050. The van der Waals surface area contributed by atoms with Crippen molar-refractivity contribution < 1.29 is 22.7 Å². The minimum atomic E-state index is -3.87. The molecule has 0 bridgehead atoms. The summed E-state index contributed by atoms with van der Waals surface area (Å²) in [6.45, 7) is 5.81. The van der Waals surface area contributed by atoms with Gasteiger partial charge in [0.25, 0.3) is 5.91 Å². The van der Waals surface area contributed by atoms with E-state index >= 15 is 0 Å². The molecule has 2 aromatic rings. The SMILES string of the molecule is C#CCOc1ccc(CCNC(=O)c2ccc(OC)c(S(=O)(=O)NC(C)(C)C)c2)cc1. The number of hydrogen-bond acceptors (Lipinski definition) is 5. The van der Waals surface area contributed by atoms with Crippen LogP contribution in [0.15, 0.2) is 47.4 Å². The molecule has 0 aliphatic rings. The predicted octanol–water partition coefficient (Wildman–Crippen LogP) is 2.76. The highest BCUT2D eigenvalue weighted by Crippen LogP contribution is 2.26. The molecule has 0 saturated heterocycles. The Morgan fingerprint density at radius 1 is 1.13 bits per heavy atom. The van der Waals surface area contributed by atoms with E-state index in [4.69, 9.17) is 15.9 Å². The maximum absolute atomic E-state index is 12.8. The Morgan fingerprint density at radius 2 is 1.81 bits per heavy atom.